The quantitative estimate of drug-likeness (QED) is 0.571. The summed E-state index contributed by atoms with van der Waals surface area (Å²) in [4.78, 5) is 36.6. The normalized spacial score (nSPS) is 10.7. The van der Waals surface area contributed by atoms with E-state index in [0.29, 0.717) is 5.13 Å². The number of H-pyrrole nitrogens is 1. The lowest BCUT2D eigenvalue weighted by Crippen LogP contribution is -2.22. The van der Waals surface area contributed by atoms with Crippen molar-refractivity contribution in [3.63, 3.8) is 0 Å². The van der Waals surface area contributed by atoms with Crippen LogP contribution in [0, 0.1) is 0 Å². The molecule has 2 N–H and O–H groups in total. The van der Waals surface area contributed by atoms with E-state index in [2.05, 4.69) is 20.3 Å². The van der Waals surface area contributed by atoms with Gasteiger partial charge in [-0.2, -0.15) is 0 Å². The van der Waals surface area contributed by atoms with E-state index < -0.39 is 11.5 Å². The van der Waals surface area contributed by atoms with Gasteiger partial charge in [0.2, 0.25) is 0 Å². The van der Waals surface area contributed by atoms with Gasteiger partial charge in [0.15, 0.2) is 11.0 Å². The molecule has 8 heteroatoms. The van der Waals surface area contributed by atoms with Gasteiger partial charge in [-0.25, -0.2) is 9.97 Å². The van der Waals surface area contributed by atoms with Crippen LogP contribution in [-0.4, -0.2) is 25.4 Å². The van der Waals surface area contributed by atoms with Crippen molar-refractivity contribution in [2.45, 2.75) is 0 Å². The first-order valence-corrected chi connectivity index (χ1v) is 8.98. The smallest absolute Gasteiger partial charge is 0.263 e. The van der Waals surface area contributed by atoms with Gasteiger partial charge in [-0.1, -0.05) is 41.7 Å². The monoisotopic (exact) mass is 377 g/mol. The first kappa shape index (κ1) is 16.9. The predicted octanol–water partition coefficient (Wildman–Crippen LogP) is 3.15. The molecule has 7 nitrogen and oxygen atoms in total. The summed E-state index contributed by atoms with van der Waals surface area (Å²) in [7, 11) is 1.90. The van der Waals surface area contributed by atoms with E-state index in [9.17, 15) is 9.59 Å². The second kappa shape index (κ2) is 7.00. The highest BCUT2D eigenvalue weighted by Gasteiger charge is 2.20. The van der Waals surface area contributed by atoms with Crippen molar-refractivity contribution >= 4 is 22.4 Å². The molecule has 4 aromatic rings. The molecule has 27 heavy (non-hydrogen) atoms. The number of thiazole rings is 1. The number of nitrogens with zero attached hydrogens (tertiary/aromatic N) is 3. The highest BCUT2D eigenvalue weighted by atomic mass is 32.1. The third kappa shape index (κ3) is 3.30. The van der Waals surface area contributed by atoms with Gasteiger partial charge in [0.25, 0.3) is 11.5 Å². The van der Waals surface area contributed by atoms with E-state index in [0.717, 1.165) is 22.0 Å². The Morgan fingerprint density at radius 2 is 2.00 bits per heavy atom. The summed E-state index contributed by atoms with van der Waals surface area (Å²) in [6.07, 6.45) is 5.05. The molecule has 0 radical (unpaired) electrons. The average molecular weight is 377 g/mol. The molecule has 0 unspecified atom stereocenters. The van der Waals surface area contributed by atoms with Crippen molar-refractivity contribution in [3.8, 4) is 22.0 Å². The molecule has 3 heterocycles. The summed E-state index contributed by atoms with van der Waals surface area (Å²) < 4.78 is 1.90. The van der Waals surface area contributed by atoms with Crippen molar-refractivity contribution in [1.82, 2.24) is 19.5 Å². The number of aryl methyl sites for hydroxylation is 1. The van der Waals surface area contributed by atoms with Crippen LogP contribution in [0.25, 0.3) is 22.0 Å². The second-order valence-corrected chi connectivity index (χ2v) is 6.79. The lowest BCUT2D eigenvalue weighted by molar-refractivity contribution is 0.102. The molecule has 0 fully saturated rings. The number of carbonyl (C=O) groups is 1. The number of pyridine rings is 1. The molecule has 0 atom stereocenters. The molecule has 0 aliphatic carbocycles. The standard InChI is InChI=1S/C19H15N5O2S/c1-24-11-10-20-16(24)15-14(12-6-3-2-4-7-12)22-19(27-15)23-18(26)13-8-5-9-21-17(13)25/h2-11H,1H3,(H,21,25)(H,22,23,26). The Bertz CT molecular complexity index is 1160. The zero-order valence-corrected chi connectivity index (χ0v) is 15.2. The van der Waals surface area contributed by atoms with Crippen LogP contribution in [0.2, 0.25) is 0 Å². The van der Waals surface area contributed by atoms with Gasteiger partial charge in [0.05, 0.1) is 10.6 Å². The number of hydrogen-bond acceptors (Lipinski definition) is 5. The maximum atomic E-state index is 12.5. The highest BCUT2D eigenvalue weighted by molar-refractivity contribution is 7.19. The summed E-state index contributed by atoms with van der Waals surface area (Å²) in [5, 5.41) is 3.13. The molecule has 0 aliphatic heterocycles. The fourth-order valence-corrected chi connectivity index (χ4v) is 3.69. The van der Waals surface area contributed by atoms with Crippen molar-refractivity contribution in [3.05, 3.63) is 77.0 Å². The summed E-state index contributed by atoms with van der Waals surface area (Å²) in [6.45, 7) is 0. The van der Waals surface area contributed by atoms with Gasteiger partial charge in [-0.15, -0.1) is 0 Å². The fraction of sp³-hybridized carbons (Fsp3) is 0.0526. The van der Waals surface area contributed by atoms with Crippen LogP contribution in [0.15, 0.2) is 65.8 Å². The summed E-state index contributed by atoms with van der Waals surface area (Å²) in [5.41, 5.74) is 1.24. The first-order chi connectivity index (χ1) is 13.1. The van der Waals surface area contributed by atoms with E-state index in [1.54, 1.807) is 12.3 Å². The minimum Gasteiger partial charge on any atom is -0.333 e. The number of anilines is 1. The molecule has 134 valence electrons. The molecular formula is C19H15N5O2S. The van der Waals surface area contributed by atoms with Crippen molar-refractivity contribution in [1.29, 1.82) is 0 Å². The van der Waals surface area contributed by atoms with E-state index in [1.807, 2.05) is 48.1 Å². The second-order valence-electron chi connectivity index (χ2n) is 5.79. The van der Waals surface area contributed by atoms with E-state index in [1.165, 1.54) is 23.6 Å². The van der Waals surface area contributed by atoms with Crippen LogP contribution < -0.4 is 10.9 Å². The first-order valence-electron chi connectivity index (χ1n) is 8.16. The van der Waals surface area contributed by atoms with Crippen molar-refractivity contribution in [2.75, 3.05) is 5.32 Å². The molecule has 1 aromatic carbocycles. The zero-order valence-electron chi connectivity index (χ0n) is 14.3. The van der Waals surface area contributed by atoms with Gasteiger partial charge in [-0.05, 0) is 12.1 Å². The van der Waals surface area contributed by atoms with Gasteiger partial charge < -0.3 is 9.55 Å². The number of nitrogens with one attached hydrogen (secondary N) is 2. The van der Waals surface area contributed by atoms with Crippen LogP contribution in [0.3, 0.4) is 0 Å². The Hall–Kier alpha value is -3.52. The molecule has 1 amide bonds. The third-order valence-electron chi connectivity index (χ3n) is 3.98. The fourth-order valence-electron chi connectivity index (χ4n) is 2.67. The number of aromatic amines is 1. The predicted molar refractivity (Wildman–Crippen MR) is 105 cm³/mol. The largest absolute Gasteiger partial charge is 0.333 e. The van der Waals surface area contributed by atoms with Gasteiger partial charge in [0.1, 0.15) is 5.56 Å². The Morgan fingerprint density at radius 1 is 1.19 bits per heavy atom. The SMILES string of the molecule is Cn1ccnc1-c1sc(NC(=O)c2ccc[nH]c2=O)nc1-c1ccccc1. The number of hydrogen-bond donors (Lipinski definition) is 2. The number of benzene rings is 1. The molecule has 3 aromatic heterocycles. The van der Waals surface area contributed by atoms with E-state index in [4.69, 9.17) is 0 Å². The maximum Gasteiger partial charge on any atom is 0.263 e. The summed E-state index contributed by atoms with van der Waals surface area (Å²) >= 11 is 1.32. The van der Waals surface area contributed by atoms with Crippen LogP contribution >= 0.6 is 11.3 Å². The Balaban J connectivity index is 1.76. The zero-order chi connectivity index (χ0) is 18.8. The number of aromatic nitrogens is 4. The summed E-state index contributed by atoms with van der Waals surface area (Å²) in [6, 6.07) is 12.8. The molecule has 0 spiro atoms. The molecule has 0 saturated heterocycles. The molecule has 0 saturated carbocycles. The van der Waals surface area contributed by atoms with Gasteiger partial charge in [0, 0.05) is 31.2 Å². The van der Waals surface area contributed by atoms with Crippen LogP contribution in [0.5, 0.6) is 0 Å². The number of rotatable bonds is 4. The van der Waals surface area contributed by atoms with Crippen LogP contribution in [0.4, 0.5) is 5.13 Å². The molecular weight excluding hydrogens is 362 g/mol. The van der Waals surface area contributed by atoms with Crippen molar-refractivity contribution in [2.24, 2.45) is 7.05 Å². The Morgan fingerprint density at radius 3 is 2.70 bits per heavy atom. The van der Waals surface area contributed by atoms with Crippen LogP contribution in [-0.2, 0) is 7.05 Å². The summed E-state index contributed by atoms with van der Waals surface area (Å²) in [5.74, 6) is 0.251. The molecule has 4 rings (SSSR count). The highest BCUT2D eigenvalue weighted by Crippen LogP contribution is 2.38. The lowest BCUT2D eigenvalue weighted by atomic mass is 10.1. The lowest BCUT2D eigenvalue weighted by Gasteiger charge is -2.02. The third-order valence-corrected chi connectivity index (χ3v) is 4.95. The topological polar surface area (TPSA) is 92.7 Å². The Kier molecular flexibility index (Phi) is 4.39. The minimum absolute atomic E-state index is 0.0347. The number of amides is 1. The van der Waals surface area contributed by atoms with E-state index in [-0.39, 0.29) is 5.56 Å². The molecule has 0 bridgehead atoms. The number of carbonyl (C=O) groups excluding carboxylic acids is 1. The van der Waals surface area contributed by atoms with Crippen LogP contribution in [0.1, 0.15) is 10.4 Å². The Labute approximate surface area is 158 Å². The van der Waals surface area contributed by atoms with Gasteiger partial charge in [-0.3, -0.25) is 14.9 Å². The number of imidazole rings is 1. The van der Waals surface area contributed by atoms with Crippen molar-refractivity contribution < 1.29 is 4.79 Å². The molecule has 0 aliphatic rings. The minimum atomic E-state index is -0.503. The van der Waals surface area contributed by atoms with Gasteiger partial charge >= 0.3 is 0 Å². The van der Waals surface area contributed by atoms with E-state index >= 15 is 0 Å². The maximum absolute atomic E-state index is 12.5. The average Bonchev–Trinajstić information content (AvgIpc) is 3.28.